The molecule has 2 heterocycles. The number of aliphatic hydroxyl groups is 3. The number of rotatable bonds is 4. The largest absolute Gasteiger partial charge is 0.507 e. The minimum Gasteiger partial charge on any atom is -0.507 e. The zero-order valence-corrected chi connectivity index (χ0v) is 17.9. The fourth-order valence-corrected chi connectivity index (χ4v) is 3.63. The van der Waals surface area contributed by atoms with E-state index in [4.69, 9.17) is 18.6 Å². The summed E-state index contributed by atoms with van der Waals surface area (Å²) in [5.74, 6) is -3.63. The van der Waals surface area contributed by atoms with E-state index in [-0.39, 0.29) is 28.0 Å². The molecule has 0 amide bonds. The van der Waals surface area contributed by atoms with E-state index in [0.29, 0.717) is 0 Å². The molecular weight excluding hydrogens is 456 g/mol. The molecule has 1 aliphatic rings. The quantitative estimate of drug-likeness (QED) is 0.257. The number of aromatic hydroxyl groups is 4. The average Bonchev–Trinajstić information content (AvgIpc) is 2.80. The third-order valence-electron chi connectivity index (χ3n) is 5.52. The Morgan fingerprint density at radius 1 is 0.882 bits per heavy atom. The summed E-state index contributed by atoms with van der Waals surface area (Å²) < 4.78 is 21.8. The van der Waals surface area contributed by atoms with Gasteiger partial charge >= 0.3 is 0 Å². The summed E-state index contributed by atoms with van der Waals surface area (Å²) in [4.78, 5) is 13.4. The molecule has 34 heavy (non-hydrogen) atoms. The fourth-order valence-electron chi connectivity index (χ4n) is 3.63. The van der Waals surface area contributed by atoms with Gasteiger partial charge in [0.2, 0.25) is 17.5 Å². The van der Waals surface area contributed by atoms with Crippen LogP contribution in [0.3, 0.4) is 0 Å². The van der Waals surface area contributed by atoms with Crippen LogP contribution in [0.2, 0.25) is 0 Å². The maximum absolute atomic E-state index is 13.4. The van der Waals surface area contributed by atoms with Crippen molar-refractivity contribution in [2.75, 3.05) is 7.11 Å². The van der Waals surface area contributed by atoms with Crippen molar-refractivity contribution in [3.8, 4) is 45.8 Å². The van der Waals surface area contributed by atoms with E-state index < -0.39 is 64.9 Å². The lowest BCUT2D eigenvalue weighted by molar-refractivity contribution is -0.268. The number of ether oxygens (including phenoxy) is 3. The van der Waals surface area contributed by atoms with Gasteiger partial charge in [0.1, 0.15) is 40.8 Å². The Labute approximate surface area is 191 Å². The molecule has 0 unspecified atom stereocenters. The predicted molar refractivity (Wildman–Crippen MR) is 114 cm³/mol. The number of phenols is 4. The highest BCUT2D eigenvalue weighted by Crippen LogP contribution is 2.43. The van der Waals surface area contributed by atoms with Crippen LogP contribution in [0.1, 0.15) is 6.92 Å². The minimum atomic E-state index is -1.78. The summed E-state index contributed by atoms with van der Waals surface area (Å²) in [6, 6.07) is 4.42. The van der Waals surface area contributed by atoms with Crippen molar-refractivity contribution in [3.05, 3.63) is 34.5 Å². The van der Waals surface area contributed by atoms with E-state index in [2.05, 4.69) is 0 Å². The van der Waals surface area contributed by atoms with Crippen LogP contribution < -0.4 is 14.9 Å². The highest BCUT2D eigenvalue weighted by atomic mass is 16.7. The van der Waals surface area contributed by atoms with Crippen LogP contribution in [0.4, 0.5) is 0 Å². The molecular formula is C22H22O12. The van der Waals surface area contributed by atoms with Gasteiger partial charge in [-0.05, 0) is 19.1 Å². The van der Waals surface area contributed by atoms with Crippen LogP contribution in [0.25, 0.3) is 22.3 Å². The van der Waals surface area contributed by atoms with Crippen LogP contribution in [0.5, 0.6) is 34.5 Å². The molecule has 3 aromatic rings. The van der Waals surface area contributed by atoms with Gasteiger partial charge in [-0.1, -0.05) is 0 Å². The first-order valence-electron chi connectivity index (χ1n) is 10.0. The molecule has 0 spiro atoms. The van der Waals surface area contributed by atoms with Gasteiger partial charge in [-0.15, -0.1) is 0 Å². The SMILES string of the molecule is COc1cc(O)c2c(=O)c(O[C@@H]3O[C@@H](C)[C@H](O)[C@@H](O)[C@H]3O)c(-c3cc(O)c(O)c(O)c3)oc2c1. The van der Waals surface area contributed by atoms with Crippen LogP contribution in [-0.2, 0) is 4.74 Å². The monoisotopic (exact) mass is 478 g/mol. The number of aliphatic hydroxyl groups excluding tert-OH is 3. The molecule has 0 bridgehead atoms. The van der Waals surface area contributed by atoms with E-state index in [1.807, 2.05) is 0 Å². The Hall–Kier alpha value is -3.71. The van der Waals surface area contributed by atoms with Crippen molar-refractivity contribution >= 4 is 11.0 Å². The van der Waals surface area contributed by atoms with Gasteiger partial charge in [0.25, 0.3) is 0 Å². The normalized spacial score (nSPS) is 24.8. The second kappa shape index (κ2) is 8.57. The maximum atomic E-state index is 13.4. The Bertz CT molecular complexity index is 1280. The van der Waals surface area contributed by atoms with E-state index in [9.17, 15) is 40.5 Å². The Kier molecular flexibility index (Phi) is 5.91. The number of methoxy groups -OCH3 is 1. The first-order valence-corrected chi connectivity index (χ1v) is 10.0. The second-order valence-electron chi connectivity index (χ2n) is 7.77. The number of hydrogen-bond acceptors (Lipinski definition) is 12. The molecule has 7 N–H and O–H groups in total. The third kappa shape index (κ3) is 3.82. The van der Waals surface area contributed by atoms with Gasteiger partial charge in [0.15, 0.2) is 23.0 Å². The Morgan fingerprint density at radius 2 is 1.53 bits per heavy atom. The number of benzene rings is 2. The van der Waals surface area contributed by atoms with Gasteiger partial charge in [-0.2, -0.15) is 0 Å². The number of fused-ring (bicyclic) bond motifs is 1. The van der Waals surface area contributed by atoms with E-state index >= 15 is 0 Å². The molecule has 0 saturated carbocycles. The third-order valence-corrected chi connectivity index (χ3v) is 5.52. The van der Waals surface area contributed by atoms with Crippen molar-refractivity contribution in [2.45, 2.75) is 37.6 Å². The summed E-state index contributed by atoms with van der Waals surface area (Å²) in [5.41, 5.74) is -1.19. The summed E-state index contributed by atoms with van der Waals surface area (Å²) >= 11 is 0. The molecule has 12 nitrogen and oxygen atoms in total. The van der Waals surface area contributed by atoms with Crippen LogP contribution in [-0.4, -0.2) is 73.6 Å². The molecule has 1 saturated heterocycles. The molecule has 1 fully saturated rings. The Balaban J connectivity index is 1.95. The van der Waals surface area contributed by atoms with Gasteiger partial charge in [-0.25, -0.2) is 0 Å². The smallest absolute Gasteiger partial charge is 0.239 e. The van der Waals surface area contributed by atoms with Crippen molar-refractivity contribution in [3.63, 3.8) is 0 Å². The lowest BCUT2D eigenvalue weighted by atomic mass is 10.00. The van der Waals surface area contributed by atoms with Crippen LogP contribution in [0.15, 0.2) is 33.5 Å². The second-order valence-corrected chi connectivity index (χ2v) is 7.77. The zero-order chi connectivity index (χ0) is 24.9. The van der Waals surface area contributed by atoms with E-state index in [1.165, 1.54) is 20.1 Å². The predicted octanol–water partition coefficient (Wildman–Crippen LogP) is 0.497. The average molecular weight is 478 g/mol. The van der Waals surface area contributed by atoms with Gasteiger partial charge < -0.3 is 54.4 Å². The summed E-state index contributed by atoms with van der Waals surface area (Å²) in [5, 5.41) is 70.0. The topological polar surface area (TPSA) is 200 Å². The molecule has 1 aromatic heterocycles. The lowest BCUT2D eigenvalue weighted by Gasteiger charge is -2.38. The van der Waals surface area contributed by atoms with Gasteiger partial charge in [0.05, 0.1) is 13.2 Å². The molecule has 182 valence electrons. The number of hydrogen-bond donors (Lipinski definition) is 7. The summed E-state index contributed by atoms with van der Waals surface area (Å²) in [6.45, 7) is 1.41. The highest BCUT2D eigenvalue weighted by Gasteiger charge is 2.44. The van der Waals surface area contributed by atoms with Crippen molar-refractivity contribution in [1.29, 1.82) is 0 Å². The van der Waals surface area contributed by atoms with Gasteiger partial charge in [0, 0.05) is 17.7 Å². The van der Waals surface area contributed by atoms with E-state index in [1.54, 1.807) is 0 Å². The van der Waals surface area contributed by atoms with Gasteiger partial charge in [-0.3, -0.25) is 4.79 Å². The standard InChI is InChI=1S/C22H22O12/c1-7-15(26)18(29)19(30)22(32-7)34-21-17(28)14-10(23)5-9(31-2)6-13(14)33-20(21)8-3-11(24)16(27)12(25)4-8/h3-7,15,18-19,22-27,29-30H,1-2H3/t7-,15-,18+,19+,22-/m0/s1. The molecule has 0 radical (unpaired) electrons. The Morgan fingerprint density at radius 3 is 2.15 bits per heavy atom. The molecule has 12 heteroatoms. The highest BCUT2D eigenvalue weighted by molar-refractivity contribution is 5.88. The summed E-state index contributed by atoms with van der Waals surface area (Å²) in [6.07, 6.45) is -7.50. The van der Waals surface area contributed by atoms with Crippen molar-refractivity contribution in [2.24, 2.45) is 0 Å². The first kappa shape index (κ1) is 23.4. The van der Waals surface area contributed by atoms with Crippen LogP contribution >= 0.6 is 0 Å². The molecule has 0 aliphatic carbocycles. The zero-order valence-electron chi connectivity index (χ0n) is 17.9. The molecule has 2 aromatic carbocycles. The van der Waals surface area contributed by atoms with Crippen molar-refractivity contribution in [1.82, 2.24) is 0 Å². The minimum absolute atomic E-state index is 0.122. The lowest BCUT2D eigenvalue weighted by Crippen LogP contribution is -2.58. The fraction of sp³-hybridized carbons (Fsp3) is 0.318. The molecule has 4 rings (SSSR count). The number of phenolic OH excluding ortho intramolecular Hbond substituents is 4. The maximum Gasteiger partial charge on any atom is 0.239 e. The molecule has 1 aliphatic heterocycles. The first-order chi connectivity index (χ1) is 16.0. The van der Waals surface area contributed by atoms with Crippen LogP contribution in [0, 0.1) is 0 Å². The van der Waals surface area contributed by atoms with E-state index in [0.717, 1.165) is 18.2 Å². The molecule has 5 atom stereocenters. The van der Waals surface area contributed by atoms with Crippen molar-refractivity contribution < 1.29 is 54.4 Å². The summed E-state index contributed by atoms with van der Waals surface area (Å²) in [7, 11) is 1.33.